The summed E-state index contributed by atoms with van der Waals surface area (Å²) in [6.45, 7) is 7.39. The highest BCUT2D eigenvalue weighted by Gasteiger charge is 2.19. The van der Waals surface area contributed by atoms with Gasteiger partial charge in [-0.15, -0.1) is 0 Å². The molecule has 0 saturated heterocycles. The van der Waals surface area contributed by atoms with E-state index in [1.54, 1.807) is 18.5 Å². The first kappa shape index (κ1) is 13.5. The first-order valence-corrected chi connectivity index (χ1v) is 6.24. The van der Waals surface area contributed by atoms with Crippen molar-refractivity contribution in [3.8, 4) is 0 Å². The molecule has 0 fully saturated rings. The Kier molecular flexibility index (Phi) is 3.32. The average Bonchev–Trinajstić information content (AvgIpc) is 2.68. The molecule has 0 bridgehead atoms. The summed E-state index contributed by atoms with van der Waals surface area (Å²) < 4.78 is 6.81. The van der Waals surface area contributed by atoms with Crippen molar-refractivity contribution < 1.29 is 9.53 Å². The molecule has 0 aliphatic rings. The third-order valence-electron chi connectivity index (χ3n) is 2.68. The Hall–Kier alpha value is -1.88. The van der Waals surface area contributed by atoms with E-state index in [2.05, 4.69) is 4.98 Å². The maximum absolute atomic E-state index is 12.1. The summed E-state index contributed by atoms with van der Waals surface area (Å²) in [5.41, 5.74) is 7.65. The van der Waals surface area contributed by atoms with Crippen molar-refractivity contribution in [2.24, 2.45) is 5.73 Å². The van der Waals surface area contributed by atoms with Crippen LogP contribution in [-0.4, -0.2) is 21.2 Å². The first-order valence-electron chi connectivity index (χ1n) is 6.24. The van der Waals surface area contributed by atoms with Crippen LogP contribution in [-0.2, 0) is 4.74 Å². The van der Waals surface area contributed by atoms with Crippen molar-refractivity contribution in [3.63, 3.8) is 0 Å². The lowest BCUT2D eigenvalue weighted by Gasteiger charge is -2.19. The molecule has 102 valence electrons. The lowest BCUT2D eigenvalue weighted by molar-refractivity contribution is 0.0544. The molecule has 2 aromatic rings. The minimum atomic E-state index is -0.528. The number of hydrogen-bond acceptors (Lipinski definition) is 4. The van der Waals surface area contributed by atoms with E-state index in [0.717, 1.165) is 11.1 Å². The lowest BCUT2D eigenvalue weighted by Crippen LogP contribution is -2.26. The highest BCUT2D eigenvalue weighted by Crippen LogP contribution is 2.19. The highest BCUT2D eigenvalue weighted by molar-refractivity contribution is 5.87. The molecule has 0 amide bonds. The Bertz CT molecular complexity index is 609. The summed E-state index contributed by atoms with van der Waals surface area (Å²) in [5.74, 6) is 0. The van der Waals surface area contributed by atoms with Gasteiger partial charge in [0.25, 0.3) is 0 Å². The van der Waals surface area contributed by atoms with Gasteiger partial charge >= 0.3 is 6.09 Å². The third kappa shape index (κ3) is 2.93. The molecule has 19 heavy (non-hydrogen) atoms. The number of nitrogens with zero attached hydrogens (tertiary/aromatic N) is 2. The maximum Gasteiger partial charge on any atom is 0.419 e. The molecule has 0 spiro atoms. The Morgan fingerprint density at radius 2 is 2.16 bits per heavy atom. The molecule has 5 heteroatoms. The molecule has 0 saturated carbocycles. The number of fused-ring (bicyclic) bond motifs is 1. The van der Waals surface area contributed by atoms with Gasteiger partial charge in [0.2, 0.25) is 0 Å². The van der Waals surface area contributed by atoms with Crippen molar-refractivity contribution in [2.75, 3.05) is 0 Å². The number of hydrogen-bond donors (Lipinski definition) is 1. The molecule has 2 heterocycles. The third-order valence-corrected chi connectivity index (χ3v) is 2.68. The number of rotatable bonds is 1. The zero-order chi connectivity index (χ0) is 14.2. The molecule has 2 N–H and O–H groups in total. The number of ether oxygens (including phenoxy) is 1. The molecule has 0 radical (unpaired) electrons. The van der Waals surface area contributed by atoms with Gasteiger partial charge in [-0.3, -0.25) is 9.55 Å². The van der Waals surface area contributed by atoms with Crippen molar-refractivity contribution in [2.45, 2.75) is 39.3 Å². The van der Waals surface area contributed by atoms with Crippen LogP contribution in [0.1, 0.15) is 39.3 Å². The van der Waals surface area contributed by atoms with Crippen LogP contribution in [0.25, 0.3) is 11.0 Å². The Morgan fingerprint density at radius 1 is 1.47 bits per heavy atom. The number of carbonyl (C=O) groups excluding carboxylic acids is 1. The molecular weight excluding hydrogens is 242 g/mol. The number of pyridine rings is 1. The topological polar surface area (TPSA) is 70.1 Å². The van der Waals surface area contributed by atoms with E-state index >= 15 is 0 Å². The van der Waals surface area contributed by atoms with Gasteiger partial charge in [0.1, 0.15) is 5.60 Å². The monoisotopic (exact) mass is 261 g/mol. The minimum absolute atomic E-state index is 0.126. The van der Waals surface area contributed by atoms with Crippen molar-refractivity contribution in [1.29, 1.82) is 0 Å². The van der Waals surface area contributed by atoms with Crippen LogP contribution in [0.4, 0.5) is 4.79 Å². The standard InChI is InChI=1S/C14H19N3O2/c1-9(15)10-7-12-11(16-8-10)5-6-17(12)13(18)19-14(2,3)4/h5-9H,15H2,1-4H3/t9-/m1/s1. The SMILES string of the molecule is C[C@@H](N)c1cnc2ccn(C(=O)OC(C)(C)C)c2c1. The molecule has 0 unspecified atom stereocenters. The van der Waals surface area contributed by atoms with Crippen LogP contribution in [0.3, 0.4) is 0 Å². The van der Waals surface area contributed by atoms with Gasteiger partial charge in [0.05, 0.1) is 11.0 Å². The number of aromatic nitrogens is 2. The fraction of sp³-hybridized carbons (Fsp3) is 0.429. The van der Waals surface area contributed by atoms with Gasteiger partial charge in [-0.25, -0.2) is 4.79 Å². The molecule has 0 aliphatic heterocycles. The Balaban J connectivity index is 2.43. The Labute approximate surface area is 112 Å². The molecule has 2 aromatic heterocycles. The van der Waals surface area contributed by atoms with E-state index in [1.807, 2.05) is 33.8 Å². The molecule has 1 atom stereocenters. The van der Waals surface area contributed by atoms with E-state index < -0.39 is 11.7 Å². The molecule has 0 aliphatic carbocycles. The first-order chi connectivity index (χ1) is 8.78. The molecule has 5 nitrogen and oxygen atoms in total. The second-order valence-electron chi connectivity index (χ2n) is 5.63. The fourth-order valence-electron chi connectivity index (χ4n) is 1.75. The van der Waals surface area contributed by atoms with Gasteiger partial charge in [-0.2, -0.15) is 0 Å². The minimum Gasteiger partial charge on any atom is -0.443 e. The molecule has 2 rings (SSSR count). The average molecular weight is 261 g/mol. The van der Waals surface area contributed by atoms with Gasteiger partial charge in [-0.1, -0.05) is 0 Å². The van der Waals surface area contributed by atoms with Gasteiger partial charge in [-0.05, 0) is 45.4 Å². The van der Waals surface area contributed by atoms with E-state index in [4.69, 9.17) is 10.5 Å². The second kappa shape index (κ2) is 4.66. The summed E-state index contributed by atoms with van der Waals surface area (Å²) in [5, 5.41) is 0. The quantitative estimate of drug-likeness (QED) is 0.857. The number of carbonyl (C=O) groups is 1. The van der Waals surface area contributed by atoms with Crippen LogP contribution in [0.2, 0.25) is 0 Å². The zero-order valence-electron chi connectivity index (χ0n) is 11.7. The van der Waals surface area contributed by atoms with Crippen molar-refractivity contribution in [3.05, 3.63) is 30.1 Å². The van der Waals surface area contributed by atoms with E-state index in [1.165, 1.54) is 4.57 Å². The van der Waals surface area contributed by atoms with E-state index in [0.29, 0.717) is 5.52 Å². The summed E-state index contributed by atoms with van der Waals surface area (Å²) in [7, 11) is 0. The maximum atomic E-state index is 12.1. The summed E-state index contributed by atoms with van der Waals surface area (Å²) in [4.78, 5) is 16.4. The zero-order valence-corrected chi connectivity index (χ0v) is 11.7. The number of nitrogens with two attached hydrogens (primary N) is 1. The predicted octanol–water partition coefficient (Wildman–Crippen LogP) is 2.84. The van der Waals surface area contributed by atoms with Gasteiger partial charge < -0.3 is 10.5 Å². The predicted molar refractivity (Wildman–Crippen MR) is 74.0 cm³/mol. The largest absolute Gasteiger partial charge is 0.443 e. The molecular formula is C14H19N3O2. The summed E-state index contributed by atoms with van der Waals surface area (Å²) >= 11 is 0. The van der Waals surface area contributed by atoms with Crippen molar-refractivity contribution in [1.82, 2.24) is 9.55 Å². The van der Waals surface area contributed by atoms with Crippen LogP contribution < -0.4 is 5.73 Å². The van der Waals surface area contributed by atoms with Crippen LogP contribution >= 0.6 is 0 Å². The fourth-order valence-corrected chi connectivity index (χ4v) is 1.75. The Morgan fingerprint density at radius 3 is 2.74 bits per heavy atom. The van der Waals surface area contributed by atoms with Crippen LogP contribution in [0.15, 0.2) is 24.5 Å². The van der Waals surface area contributed by atoms with Gasteiger partial charge in [0, 0.05) is 18.4 Å². The normalized spacial score (nSPS) is 13.5. The van der Waals surface area contributed by atoms with Gasteiger partial charge in [0.15, 0.2) is 0 Å². The van der Waals surface area contributed by atoms with E-state index in [-0.39, 0.29) is 6.04 Å². The lowest BCUT2D eigenvalue weighted by atomic mass is 10.1. The summed E-state index contributed by atoms with van der Waals surface area (Å²) in [6.07, 6.45) is 2.98. The smallest absolute Gasteiger partial charge is 0.419 e. The van der Waals surface area contributed by atoms with Crippen molar-refractivity contribution >= 4 is 17.1 Å². The van der Waals surface area contributed by atoms with Crippen LogP contribution in [0.5, 0.6) is 0 Å². The molecule has 0 aromatic carbocycles. The van der Waals surface area contributed by atoms with Crippen LogP contribution in [0, 0.1) is 0 Å². The summed E-state index contributed by atoms with van der Waals surface area (Å²) in [6, 6.07) is 3.53. The highest BCUT2D eigenvalue weighted by atomic mass is 16.6. The second-order valence-corrected chi connectivity index (χ2v) is 5.63. The van der Waals surface area contributed by atoms with E-state index in [9.17, 15) is 4.79 Å².